The SMILES string of the molecule is CCOc1ccc(CCCC#N)c(CC)c1. The molecule has 0 unspecified atom stereocenters. The third-order valence-electron chi connectivity index (χ3n) is 2.60. The second-order valence-corrected chi connectivity index (χ2v) is 3.73. The summed E-state index contributed by atoms with van der Waals surface area (Å²) in [6.07, 6.45) is 3.58. The van der Waals surface area contributed by atoms with Gasteiger partial charge in [0.25, 0.3) is 0 Å². The first-order chi connectivity index (χ1) is 7.81. The molecule has 0 saturated carbocycles. The van der Waals surface area contributed by atoms with Crippen LogP contribution in [0.5, 0.6) is 5.75 Å². The summed E-state index contributed by atoms with van der Waals surface area (Å²) in [5.41, 5.74) is 2.69. The monoisotopic (exact) mass is 217 g/mol. The van der Waals surface area contributed by atoms with Crippen LogP contribution in [0, 0.1) is 11.3 Å². The molecule has 0 N–H and O–H groups in total. The maximum Gasteiger partial charge on any atom is 0.119 e. The Morgan fingerprint density at radius 3 is 2.69 bits per heavy atom. The number of unbranched alkanes of at least 4 members (excludes halogenated alkanes) is 1. The predicted molar refractivity (Wildman–Crippen MR) is 65.5 cm³/mol. The largest absolute Gasteiger partial charge is 0.494 e. The van der Waals surface area contributed by atoms with Crippen molar-refractivity contribution in [3.8, 4) is 11.8 Å². The van der Waals surface area contributed by atoms with Gasteiger partial charge in [-0.1, -0.05) is 13.0 Å². The maximum atomic E-state index is 8.51. The Morgan fingerprint density at radius 1 is 1.25 bits per heavy atom. The van der Waals surface area contributed by atoms with Crippen LogP contribution in [0.4, 0.5) is 0 Å². The van der Waals surface area contributed by atoms with Gasteiger partial charge >= 0.3 is 0 Å². The Kier molecular flexibility index (Phi) is 5.42. The van der Waals surface area contributed by atoms with Crippen LogP contribution in [0.2, 0.25) is 0 Å². The van der Waals surface area contributed by atoms with Crippen molar-refractivity contribution < 1.29 is 4.74 Å². The molecule has 2 nitrogen and oxygen atoms in total. The van der Waals surface area contributed by atoms with Gasteiger partial charge in [0.05, 0.1) is 12.7 Å². The van der Waals surface area contributed by atoms with E-state index in [1.54, 1.807) is 0 Å². The highest BCUT2D eigenvalue weighted by Gasteiger charge is 2.03. The highest BCUT2D eigenvalue weighted by Crippen LogP contribution is 2.20. The summed E-state index contributed by atoms with van der Waals surface area (Å²) in [4.78, 5) is 0. The fourth-order valence-corrected chi connectivity index (χ4v) is 1.79. The summed E-state index contributed by atoms with van der Waals surface area (Å²) >= 11 is 0. The van der Waals surface area contributed by atoms with E-state index in [1.807, 2.05) is 13.0 Å². The van der Waals surface area contributed by atoms with Crippen molar-refractivity contribution in [2.24, 2.45) is 0 Å². The highest BCUT2D eigenvalue weighted by atomic mass is 16.5. The minimum absolute atomic E-state index is 0.635. The Balaban J connectivity index is 2.73. The Morgan fingerprint density at radius 2 is 2.06 bits per heavy atom. The Bertz CT molecular complexity index is 365. The van der Waals surface area contributed by atoms with Gasteiger partial charge in [-0.2, -0.15) is 5.26 Å². The zero-order valence-corrected chi connectivity index (χ0v) is 10.1. The molecule has 0 atom stereocenters. The van der Waals surface area contributed by atoms with Crippen LogP contribution in [0.3, 0.4) is 0 Å². The smallest absolute Gasteiger partial charge is 0.119 e. The number of nitriles is 1. The average Bonchev–Trinajstić information content (AvgIpc) is 2.31. The van der Waals surface area contributed by atoms with Crippen LogP contribution in [0.1, 0.15) is 37.8 Å². The molecular weight excluding hydrogens is 198 g/mol. The summed E-state index contributed by atoms with van der Waals surface area (Å²) < 4.78 is 5.48. The summed E-state index contributed by atoms with van der Waals surface area (Å²) in [7, 11) is 0. The van der Waals surface area contributed by atoms with E-state index in [0.717, 1.165) is 25.0 Å². The molecule has 0 aliphatic carbocycles. The standard InChI is InChI=1S/C14H19NO/c1-3-12-11-14(16-4-2)9-8-13(12)7-5-6-10-15/h8-9,11H,3-7H2,1-2H3. The van der Waals surface area contributed by atoms with Gasteiger partial charge in [0.1, 0.15) is 5.75 Å². The average molecular weight is 217 g/mol. The molecule has 86 valence electrons. The molecule has 1 aromatic carbocycles. The van der Waals surface area contributed by atoms with E-state index in [4.69, 9.17) is 10.00 Å². The number of benzene rings is 1. The number of nitrogens with zero attached hydrogens (tertiary/aromatic N) is 1. The van der Waals surface area contributed by atoms with E-state index in [1.165, 1.54) is 11.1 Å². The second-order valence-electron chi connectivity index (χ2n) is 3.73. The molecule has 0 fully saturated rings. The fraction of sp³-hybridized carbons (Fsp3) is 0.500. The maximum absolute atomic E-state index is 8.51. The topological polar surface area (TPSA) is 33.0 Å². The van der Waals surface area contributed by atoms with Crippen molar-refractivity contribution >= 4 is 0 Å². The van der Waals surface area contributed by atoms with Crippen LogP contribution < -0.4 is 4.74 Å². The molecule has 0 heterocycles. The molecule has 2 heteroatoms. The zero-order chi connectivity index (χ0) is 11.8. The van der Waals surface area contributed by atoms with Crippen LogP contribution in [0.15, 0.2) is 18.2 Å². The molecule has 0 saturated heterocycles. The summed E-state index contributed by atoms with van der Waals surface area (Å²) in [5, 5.41) is 8.51. The third kappa shape index (κ3) is 3.58. The molecule has 0 aliphatic rings. The fourth-order valence-electron chi connectivity index (χ4n) is 1.79. The van der Waals surface area contributed by atoms with Gasteiger partial charge in [-0.25, -0.2) is 0 Å². The molecule has 16 heavy (non-hydrogen) atoms. The van der Waals surface area contributed by atoms with Gasteiger partial charge in [0.2, 0.25) is 0 Å². The number of rotatable bonds is 6. The Hall–Kier alpha value is -1.49. The number of aryl methyl sites for hydroxylation is 2. The van der Waals surface area contributed by atoms with E-state index in [0.29, 0.717) is 13.0 Å². The van der Waals surface area contributed by atoms with Crippen LogP contribution in [-0.2, 0) is 12.8 Å². The lowest BCUT2D eigenvalue weighted by atomic mass is 10.00. The van der Waals surface area contributed by atoms with Crippen molar-refractivity contribution in [1.29, 1.82) is 5.26 Å². The molecular formula is C14H19NO. The molecule has 0 bridgehead atoms. The van der Waals surface area contributed by atoms with Gasteiger partial charge in [0, 0.05) is 6.42 Å². The number of hydrogen-bond acceptors (Lipinski definition) is 2. The predicted octanol–water partition coefficient (Wildman–Crippen LogP) is 3.49. The minimum Gasteiger partial charge on any atom is -0.494 e. The molecule has 0 amide bonds. The van der Waals surface area contributed by atoms with Gasteiger partial charge in [0.15, 0.2) is 0 Å². The van der Waals surface area contributed by atoms with Crippen molar-refractivity contribution in [2.75, 3.05) is 6.61 Å². The van der Waals surface area contributed by atoms with Crippen molar-refractivity contribution in [1.82, 2.24) is 0 Å². The lowest BCUT2D eigenvalue weighted by molar-refractivity contribution is 0.340. The van der Waals surface area contributed by atoms with E-state index >= 15 is 0 Å². The van der Waals surface area contributed by atoms with Gasteiger partial charge in [-0.05, 0) is 49.4 Å². The minimum atomic E-state index is 0.635. The molecule has 1 rings (SSSR count). The molecule has 0 aromatic heterocycles. The highest BCUT2D eigenvalue weighted by molar-refractivity contribution is 5.35. The summed E-state index contributed by atoms with van der Waals surface area (Å²) in [5.74, 6) is 0.948. The quantitative estimate of drug-likeness (QED) is 0.683. The van der Waals surface area contributed by atoms with Crippen LogP contribution in [-0.4, -0.2) is 6.61 Å². The third-order valence-corrected chi connectivity index (χ3v) is 2.60. The molecule has 0 spiro atoms. The van der Waals surface area contributed by atoms with Crippen molar-refractivity contribution in [3.05, 3.63) is 29.3 Å². The summed E-state index contributed by atoms with van der Waals surface area (Å²) in [6.45, 7) is 4.85. The summed E-state index contributed by atoms with van der Waals surface area (Å²) in [6, 6.07) is 8.44. The Labute approximate surface area is 97.9 Å². The lowest BCUT2D eigenvalue weighted by Gasteiger charge is -2.10. The normalized spacial score (nSPS) is 9.81. The zero-order valence-electron chi connectivity index (χ0n) is 10.1. The van der Waals surface area contributed by atoms with E-state index in [2.05, 4.69) is 25.1 Å². The first-order valence-corrected chi connectivity index (χ1v) is 5.93. The molecule has 1 aromatic rings. The first kappa shape index (κ1) is 12.6. The lowest BCUT2D eigenvalue weighted by Crippen LogP contribution is -1.97. The van der Waals surface area contributed by atoms with Crippen molar-refractivity contribution in [2.45, 2.75) is 39.5 Å². The van der Waals surface area contributed by atoms with Crippen molar-refractivity contribution in [3.63, 3.8) is 0 Å². The van der Waals surface area contributed by atoms with E-state index < -0.39 is 0 Å². The molecule has 0 aliphatic heterocycles. The van der Waals surface area contributed by atoms with Crippen LogP contribution in [0.25, 0.3) is 0 Å². The van der Waals surface area contributed by atoms with Crippen LogP contribution >= 0.6 is 0 Å². The van der Waals surface area contributed by atoms with E-state index in [-0.39, 0.29) is 0 Å². The van der Waals surface area contributed by atoms with Gasteiger partial charge in [-0.15, -0.1) is 0 Å². The number of ether oxygens (including phenoxy) is 1. The van der Waals surface area contributed by atoms with Gasteiger partial charge < -0.3 is 4.74 Å². The van der Waals surface area contributed by atoms with Gasteiger partial charge in [-0.3, -0.25) is 0 Å². The second kappa shape index (κ2) is 6.90. The first-order valence-electron chi connectivity index (χ1n) is 5.93. The number of hydrogen-bond donors (Lipinski definition) is 0. The molecule has 0 radical (unpaired) electrons. The van der Waals surface area contributed by atoms with E-state index in [9.17, 15) is 0 Å².